The van der Waals surface area contributed by atoms with Crippen molar-refractivity contribution < 1.29 is 0 Å². The van der Waals surface area contributed by atoms with E-state index in [9.17, 15) is 0 Å². The van der Waals surface area contributed by atoms with E-state index in [1.807, 2.05) is 6.92 Å². The number of nitrogens with one attached hydrogen (secondary N) is 1. The Morgan fingerprint density at radius 1 is 1.75 bits per heavy atom. The maximum absolute atomic E-state index is 7.04. The van der Waals surface area contributed by atoms with Crippen LogP contribution in [0.1, 0.15) is 19.8 Å². The summed E-state index contributed by atoms with van der Waals surface area (Å²) in [6, 6.07) is 0. The van der Waals surface area contributed by atoms with Crippen LogP contribution in [0.15, 0.2) is 0 Å². The topological polar surface area (TPSA) is 23.9 Å². The predicted octanol–water partition coefficient (Wildman–Crippen LogP) is 2.38. The fraction of sp³-hybridized carbons (Fsp3) is 0.800. The number of thiol groups is 1. The van der Waals surface area contributed by atoms with Gasteiger partial charge >= 0.3 is 0 Å². The second-order valence-corrected chi connectivity index (χ2v) is 3.16. The van der Waals surface area contributed by atoms with E-state index < -0.39 is 0 Å². The molecule has 8 heavy (non-hydrogen) atoms. The molecule has 0 amide bonds. The minimum absolute atomic E-state index is 0.771. The van der Waals surface area contributed by atoms with E-state index >= 15 is 0 Å². The molecule has 0 atom stereocenters. The van der Waals surface area contributed by atoms with Crippen molar-refractivity contribution in [2.24, 2.45) is 0 Å². The summed E-state index contributed by atoms with van der Waals surface area (Å²) in [5, 5.41) is 7.04. The average Bonchev–Trinajstić information content (AvgIpc) is 1.66. The van der Waals surface area contributed by atoms with Gasteiger partial charge in [0.2, 0.25) is 0 Å². The molecule has 0 aliphatic heterocycles. The third-order valence-electron chi connectivity index (χ3n) is 0.787. The van der Waals surface area contributed by atoms with Gasteiger partial charge in [-0.15, -0.1) is 11.7 Å². The summed E-state index contributed by atoms with van der Waals surface area (Å²) >= 11 is 3.97. The zero-order valence-electron chi connectivity index (χ0n) is 4.98. The molecule has 48 valence electrons. The van der Waals surface area contributed by atoms with Crippen LogP contribution in [0.4, 0.5) is 0 Å². The lowest BCUT2D eigenvalue weighted by Gasteiger charge is -1.92. The molecule has 3 heteroatoms. The Morgan fingerprint density at radius 3 is 2.75 bits per heavy atom. The molecule has 0 radical (unpaired) electrons. The third-order valence-corrected chi connectivity index (χ3v) is 1.81. The van der Waals surface area contributed by atoms with Gasteiger partial charge in [-0.2, -0.15) is 0 Å². The fourth-order valence-electron chi connectivity index (χ4n) is 0.402. The number of hydrogen-bond donors (Lipinski definition) is 2. The van der Waals surface area contributed by atoms with Gasteiger partial charge in [0.05, 0.1) is 0 Å². The molecule has 0 bridgehead atoms. The van der Waals surface area contributed by atoms with Gasteiger partial charge in [-0.1, -0.05) is 10.8 Å². The minimum atomic E-state index is 0.771. The van der Waals surface area contributed by atoms with E-state index in [-0.39, 0.29) is 0 Å². The maximum atomic E-state index is 7.04. The van der Waals surface area contributed by atoms with Crippen molar-refractivity contribution in [3.8, 4) is 0 Å². The van der Waals surface area contributed by atoms with Crippen molar-refractivity contribution in [2.45, 2.75) is 19.8 Å². The Morgan fingerprint density at radius 2 is 2.38 bits per heavy atom. The van der Waals surface area contributed by atoms with Gasteiger partial charge in [0.15, 0.2) is 0 Å². The van der Waals surface area contributed by atoms with Crippen LogP contribution in [-0.4, -0.2) is 11.5 Å². The normalized spacial score (nSPS) is 9.25. The Labute approximate surface area is 59.6 Å². The Bertz CT molecular complexity index is 72.8. The number of rotatable bonds is 4. The highest BCUT2D eigenvalue weighted by Crippen LogP contribution is 2.07. The smallest absolute Gasteiger partial charge is 0.00585 e. The molecule has 1 nitrogen and oxygen atoms in total. The standard InChI is InChI=1S/C5H11NS2/c1-5(6)3-2-4-8-7/h6-7H,2-4H2,1H3. The highest BCUT2D eigenvalue weighted by atomic mass is 33.1. The molecule has 0 unspecified atom stereocenters. The largest absolute Gasteiger partial charge is 0.310 e. The van der Waals surface area contributed by atoms with E-state index in [0.29, 0.717) is 0 Å². The first-order chi connectivity index (χ1) is 3.77. The lowest BCUT2D eigenvalue weighted by molar-refractivity contribution is 0.998. The van der Waals surface area contributed by atoms with Crippen LogP contribution >= 0.6 is 22.5 Å². The molecule has 0 heterocycles. The highest BCUT2D eigenvalue weighted by Gasteiger charge is 1.86. The van der Waals surface area contributed by atoms with Crippen LogP contribution in [0, 0.1) is 5.41 Å². The summed E-state index contributed by atoms with van der Waals surface area (Å²) in [6.45, 7) is 1.84. The zero-order chi connectivity index (χ0) is 6.41. The van der Waals surface area contributed by atoms with Crippen molar-refractivity contribution >= 4 is 28.2 Å². The van der Waals surface area contributed by atoms with Crippen molar-refractivity contribution in [1.82, 2.24) is 0 Å². The lowest BCUT2D eigenvalue weighted by atomic mass is 10.2. The van der Waals surface area contributed by atoms with Crippen molar-refractivity contribution in [3.05, 3.63) is 0 Å². The summed E-state index contributed by atoms with van der Waals surface area (Å²) in [5.74, 6) is 1.05. The van der Waals surface area contributed by atoms with Gasteiger partial charge in [0.25, 0.3) is 0 Å². The first kappa shape index (κ1) is 8.37. The molecule has 0 aliphatic carbocycles. The van der Waals surface area contributed by atoms with Crippen LogP contribution in [0.2, 0.25) is 0 Å². The van der Waals surface area contributed by atoms with Crippen LogP contribution in [0.3, 0.4) is 0 Å². The summed E-state index contributed by atoms with van der Waals surface area (Å²) in [4.78, 5) is 0. The quantitative estimate of drug-likeness (QED) is 0.273. The summed E-state index contributed by atoms with van der Waals surface area (Å²) in [6.07, 6.45) is 2.01. The number of hydrogen-bond acceptors (Lipinski definition) is 3. The van der Waals surface area contributed by atoms with E-state index in [1.54, 1.807) is 10.8 Å². The van der Waals surface area contributed by atoms with Gasteiger partial charge in [-0.05, 0) is 19.8 Å². The molecule has 0 saturated heterocycles. The molecule has 0 rings (SSSR count). The van der Waals surface area contributed by atoms with Gasteiger partial charge in [0, 0.05) is 11.5 Å². The maximum Gasteiger partial charge on any atom is 0.00585 e. The van der Waals surface area contributed by atoms with Crippen molar-refractivity contribution in [1.29, 1.82) is 5.41 Å². The average molecular weight is 149 g/mol. The molecule has 0 aromatic carbocycles. The summed E-state index contributed by atoms with van der Waals surface area (Å²) < 4.78 is 0. The Kier molecular flexibility index (Phi) is 5.76. The lowest BCUT2D eigenvalue weighted by Crippen LogP contribution is -1.88. The Balaban J connectivity index is 2.82. The molecule has 0 saturated carbocycles. The van der Waals surface area contributed by atoms with Crippen LogP contribution in [0.5, 0.6) is 0 Å². The van der Waals surface area contributed by atoms with E-state index in [2.05, 4.69) is 11.7 Å². The first-order valence-electron chi connectivity index (χ1n) is 2.57. The SMILES string of the molecule is CC(=N)CCCSS. The monoisotopic (exact) mass is 149 g/mol. The molecule has 1 N–H and O–H groups in total. The minimum Gasteiger partial charge on any atom is -0.310 e. The fourth-order valence-corrected chi connectivity index (χ4v) is 1.06. The highest BCUT2D eigenvalue weighted by molar-refractivity contribution is 8.68. The van der Waals surface area contributed by atoms with E-state index in [1.165, 1.54) is 0 Å². The molecular weight excluding hydrogens is 138 g/mol. The third kappa shape index (κ3) is 6.37. The Hall–Kier alpha value is 0.370. The summed E-state index contributed by atoms with van der Waals surface area (Å²) in [5.41, 5.74) is 0.771. The van der Waals surface area contributed by atoms with Crippen molar-refractivity contribution in [2.75, 3.05) is 5.75 Å². The van der Waals surface area contributed by atoms with Crippen LogP contribution in [0.25, 0.3) is 0 Å². The van der Waals surface area contributed by atoms with Gasteiger partial charge in [-0.3, -0.25) is 0 Å². The summed E-state index contributed by atoms with van der Waals surface area (Å²) in [7, 11) is 1.54. The van der Waals surface area contributed by atoms with Crippen LogP contribution in [-0.2, 0) is 0 Å². The first-order valence-corrected chi connectivity index (χ1v) is 4.61. The van der Waals surface area contributed by atoms with Gasteiger partial charge in [0.1, 0.15) is 0 Å². The molecule has 0 aromatic heterocycles. The predicted molar refractivity (Wildman–Crippen MR) is 44.1 cm³/mol. The zero-order valence-corrected chi connectivity index (χ0v) is 6.69. The van der Waals surface area contributed by atoms with Crippen molar-refractivity contribution in [3.63, 3.8) is 0 Å². The van der Waals surface area contributed by atoms with E-state index in [4.69, 9.17) is 5.41 Å². The molecular formula is C5H11NS2. The molecule has 0 aromatic rings. The van der Waals surface area contributed by atoms with Crippen LogP contribution < -0.4 is 0 Å². The second kappa shape index (κ2) is 5.51. The second-order valence-electron chi connectivity index (χ2n) is 1.72. The van der Waals surface area contributed by atoms with E-state index in [0.717, 1.165) is 24.3 Å². The molecule has 0 fully saturated rings. The molecule has 0 aliphatic rings. The van der Waals surface area contributed by atoms with Gasteiger partial charge in [-0.25, -0.2) is 0 Å². The molecule has 0 spiro atoms. The van der Waals surface area contributed by atoms with Gasteiger partial charge < -0.3 is 5.41 Å².